The lowest BCUT2D eigenvalue weighted by Crippen LogP contribution is -2.48. The first-order valence-corrected chi connectivity index (χ1v) is 10.7. The van der Waals surface area contributed by atoms with Gasteiger partial charge < -0.3 is 4.90 Å². The quantitative estimate of drug-likeness (QED) is 0.577. The lowest BCUT2D eigenvalue weighted by Gasteiger charge is -2.34. The van der Waals surface area contributed by atoms with Gasteiger partial charge in [0.2, 0.25) is 0 Å². The van der Waals surface area contributed by atoms with Crippen molar-refractivity contribution in [3.63, 3.8) is 0 Å². The van der Waals surface area contributed by atoms with E-state index in [-0.39, 0.29) is 5.91 Å². The first-order valence-electron chi connectivity index (χ1n) is 9.06. The van der Waals surface area contributed by atoms with E-state index in [0.29, 0.717) is 28.7 Å². The van der Waals surface area contributed by atoms with Gasteiger partial charge in [-0.05, 0) is 18.2 Å². The summed E-state index contributed by atoms with van der Waals surface area (Å²) in [4.78, 5) is 21.7. The number of piperazine rings is 1. The Morgan fingerprint density at radius 1 is 1.04 bits per heavy atom. The molecule has 2 aromatic carbocycles. The van der Waals surface area contributed by atoms with E-state index in [9.17, 15) is 4.79 Å². The average Bonchev–Trinajstić information content (AvgIpc) is 3.17. The molecule has 0 atom stereocenters. The monoisotopic (exact) mass is 431 g/mol. The highest BCUT2D eigenvalue weighted by Gasteiger charge is 2.24. The first-order chi connectivity index (χ1) is 13.6. The standard InChI is InChI=1S/C21H19Cl2N3OS/c22-16-6-7-17(18(23)12-16)21(27)26-10-8-25(9-11-26)13-20-24-19(14-28-20)15-4-2-1-3-5-15/h1-7,12,14H,8-11,13H2. The van der Waals surface area contributed by atoms with Crippen molar-refractivity contribution in [3.8, 4) is 11.3 Å². The molecule has 0 spiro atoms. The van der Waals surface area contributed by atoms with E-state index < -0.39 is 0 Å². The van der Waals surface area contributed by atoms with Gasteiger partial charge in [-0.2, -0.15) is 0 Å². The van der Waals surface area contributed by atoms with E-state index in [0.717, 1.165) is 35.9 Å². The van der Waals surface area contributed by atoms with Gasteiger partial charge in [0.1, 0.15) is 5.01 Å². The van der Waals surface area contributed by atoms with Crippen molar-refractivity contribution in [2.45, 2.75) is 6.54 Å². The summed E-state index contributed by atoms with van der Waals surface area (Å²) in [6.45, 7) is 3.79. The molecule has 4 rings (SSSR count). The van der Waals surface area contributed by atoms with Gasteiger partial charge in [-0.3, -0.25) is 9.69 Å². The van der Waals surface area contributed by atoms with Crippen molar-refractivity contribution in [3.05, 3.63) is 74.5 Å². The van der Waals surface area contributed by atoms with Gasteiger partial charge in [-0.1, -0.05) is 53.5 Å². The molecule has 1 fully saturated rings. The van der Waals surface area contributed by atoms with Gasteiger partial charge in [-0.15, -0.1) is 11.3 Å². The molecule has 1 amide bonds. The maximum atomic E-state index is 12.7. The number of amides is 1. The van der Waals surface area contributed by atoms with E-state index >= 15 is 0 Å². The van der Waals surface area contributed by atoms with Crippen LogP contribution in [0.3, 0.4) is 0 Å². The first kappa shape index (κ1) is 19.4. The van der Waals surface area contributed by atoms with E-state index in [2.05, 4.69) is 22.4 Å². The molecule has 144 valence electrons. The van der Waals surface area contributed by atoms with Crippen LogP contribution in [0.2, 0.25) is 10.0 Å². The lowest BCUT2D eigenvalue weighted by molar-refractivity contribution is 0.0628. The summed E-state index contributed by atoms with van der Waals surface area (Å²) in [5.41, 5.74) is 2.67. The number of hydrogen-bond donors (Lipinski definition) is 0. The largest absolute Gasteiger partial charge is 0.336 e. The molecule has 0 aliphatic carbocycles. The second-order valence-electron chi connectivity index (χ2n) is 6.69. The predicted molar refractivity (Wildman–Crippen MR) is 115 cm³/mol. The minimum Gasteiger partial charge on any atom is -0.336 e. The molecule has 0 radical (unpaired) electrons. The summed E-state index contributed by atoms with van der Waals surface area (Å²) < 4.78 is 0. The highest BCUT2D eigenvalue weighted by Crippen LogP contribution is 2.24. The Labute approximate surface area is 178 Å². The fraction of sp³-hybridized carbons (Fsp3) is 0.238. The minimum atomic E-state index is -0.0399. The lowest BCUT2D eigenvalue weighted by atomic mass is 10.1. The van der Waals surface area contributed by atoms with Crippen molar-refractivity contribution < 1.29 is 4.79 Å². The van der Waals surface area contributed by atoms with Crippen LogP contribution >= 0.6 is 34.5 Å². The van der Waals surface area contributed by atoms with Crippen molar-refractivity contribution >= 4 is 40.4 Å². The summed E-state index contributed by atoms with van der Waals surface area (Å²) in [7, 11) is 0. The van der Waals surface area contributed by atoms with E-state index in [4.69, 9.17) is 28.2 Å². The number of carbonyl (C=O) groups excluding carboxylic acids is 1. The molecular formula is C21H19Cl2N3OS. The molecule has 0 unspecified atom stereocenters. The van der Waals surface area contributed by atoms with Crippen LogP contribution in [0.4, 0.5) is 0 Å². The van der Waals surface area contributed by atoms with Crippen molar-refractivity contribution in [1.29, 1.82) is 0 Å². The normalized spacial score (nSPS) is 15.0. The SMILES string of the molecule is O=C(c1ccc(Cl)cc1Cl)N1CCN(Cc2nc(-c3ccccc3)cs2)CC1. The van der Waals surface area contributed by atoms with Gasteiger partial charge in [-0.25, -0.2) is 4.98 Å². The zero-order valence-corrected chi connectivity index (χ0v) is 17.5. The van der Waals surface area contributed by atoms with Gasteiger partial charge in [0, 0.05) is 42.1 Å². The fourth-order valence-electron chi connectivity index (χ4n) is 3.26. The Morgan fingerprint density at radius 2 is 1.79 bits per heavy atom. The summed E-state index contributed by atoms with van der Waals surface area (Å²) in [5, 5.41) is 4.13. The zero-order chi connectivity index (χ0) is 19.5. The van der Waals surface area contributed by atoms with Crippen molar-refractivity contribution in [2.24, 2.45) is 0 Å². The Bertz CT molecular complexity index is 969. The fourth-order valence-corrected chi connectivity index (χ4v) is 4.59. The topological polar surface area (TPSA) is 36.4 Å². The molecule has 1 aliphatic rings. The van der Waals surface area contributed by atoms with Gasteiger partial charge in [0.05, 0.1) is 22.8 Å². The molecule has 1 aliphatic heterocycles. The van der Waals surface area contributed by atoms with Crippen LogP contribution < -0.4 is 0 Å². The van der Waals surface area contributed by atoms with Gasteiger partial charge >= 0.3 is 0 Å². The predicted octanol–water partition coefficient (Wildman–Crippen LogP) is 5.07. The highest BCUT2D eigenvalue weighted by molar-refractivity contribution is 7.09. The average molecular weight is 432 g/mol. The summed E-state index contributed by atoms with van der Waals surface area (Å²) >= 11 is 13.8. The smallest absolute Gasteiger partial charge is 0.255 e. The Balaban J connectivity index is 1.34. The van der Waals surface area contributed by atoms with Gasteiger partial charge in [0.15, 0.2) is 0 Å². The highest BCUT2D eigenvalue weighted by atomic mass is 35.5. The molecule has 7 heteroatoms. The Kier molecular flexibility index (Phi) is 5.97. The van der Waals surface area contributed by atoms with Crippen LogP contribution in [0.15, 0.2) is 53.9 Å². The molecular weight excluding hydrogens is 413 g/mol. The number of thiazole rings is 1. The molecule has 28 heavy (non-hydrogen) atoms. The number of aromatic nitrogens is 1. The summed E-state index contributed by atoms with van der Waals surface area (Å²) in [5.74, 6) is -0.0399. The van der Waals surface area contributed by atoms with E-state index in [1.807, 2.05) is 23.1 Å². The number of nitrogens with zero attached hydrogens (tertiary/aromatic N) is 3. The summed E-state index contributed by atoms with van der Waals surface area (Å²) in [6, 6.07) is 15.2. The molecule has 2 heterocycles. The van der Waals surface area contributed by atoms with Crippen LogP contribution in [0.5, 0.6) is 0 Å². The van der Waals surface area contributed by atoms with Gasteiger partial charge in [0.25, 0.3) is 5.91 Å². The van der Waals surface area contributed by atoms with E-state index in [1.54, 1.807) is 29.5 Å². The molecule has 0 saturated carbocycles. The molecule has 0 N–H and O–H groups in total. The second kappa shape index (κ2) is 8.62. The van der Waals surface area contributed by atoms with Crippen molar-refractivity contribution in [1.82, 2.24) is 14.8 Å². The summed E-state index contributed by atoms with van der Waals surface area (Å²) in [6.07, 6.45) is 0. The molecule has 3 aromatic rings. The van der Waals surface area contributed by atoms with Crippen LogP contribution in [0, 0.1) is 0 Å². The minimum absolute atomic E-state index is 0.0399. The molecule has 0 bridgehead atoms. The zero-order valence-electron chi connectivity index (χ0n) is 15.1. The molecule has 1 saturated heterocycles. The Hall–Kier alpha value is -1.92. The van der Waals surface area contributed by atoms with Crippen LogP contribution in [-0.2, 0) is 6.54 Å². The van der Waals surface area contributed by atoms with E-state index in [1.165, 1.54) is 0 Å². The third kappa shape index (κ3) is 4.39. The van der Waals surface area contributed by atoms with Crippen LogP contribution in [-0.4, -0.2) is 46.9 Å². The Morgan fingerprint density at radius 3 is 2.50 bits per heavy atom. The number of halogens is 2. The van der Waals surface area contributed by atoms with Crippen LogP contribution in [0.25, 0.3) is 11.3 Å². The maximum absolute atomic E-state index is 12.7. The number of carbonyl (C=O) groups is 1. The second-order valence-corrected chi connectivity index (χ2v) is 8.47. The van der Waals surface area contributed by atoms with Crippen LogP contribution in [0.1, 0.15) is 15.4 Å². The third-order valence-corrected chi connectivity index (χ3v) is 6.18. The third-order valence-electron chi connectivity index (χ3n) is 4.80. The molecule has 4 nitrogen and oxygen atoms in total. The molecule has 1 aromatic heterocycles. The maximum Gasteiger partial charge on any atom is 0.255 e. The van der Waals surface area contributed by atoms with Crippen molar-refractivity contribution in [2.75, 3.05) is 26.2 Å². The number of benzene rings is 2. The number of hydrogen-bond acceptors (Lipinski definition) is 4. The number of rotatable bonds is 4.